The van der Waals surface area contributed by atoms with E-state index in [1.54, 1.807) is 12.1 Å². The molecule has 1 aromatic rings. The van der Waals surface area contributed by atoms with Gasteiger partial charge in [0.15, 0.2) is 0 Å². The van der Waals surface area contributed by atoms with Gasteiger partial charge >= 0.3 is 5.97 Å². The number of methoxy groups -OCH3 is 1. The molecule has 0 spiro atoms. The maximum atomic E-state index is 11.5. The average molecular weight is 286 g/mol. The maximum absolute atomic E-state index is 11.5. The van der Waals surface area contributed by atoms with Crippen molar-refractivity contribution in [1.82, 2.24) is 0 Å². The summed E-state index contributed by atoms with van der Waals surface area (Å²) < 4.78 is 4.71. The number of hydrogen-bond acceptors (Lipinski definition) is 4. The van der Waals surface area contributed by atoms with Gasteiger partial charge in [0.25, 0.3) is 0 Å². The van der Waals surface area contributed by atoms with Crippen LogP contribution in [-0.2, 0) is 4.74 Å². The fourth-order valence-electron chi connectivity index (χ4n) is 1.96. The molecule has 1 heterocycles. The summed E-state index contributed by atoms with van der Waals surface area (Å²) in [7, 11) is 1.36. The lowest BCUT2D eigenvalue weighted by molar-refractivity contribution is 0.0601. The molecule has 1 aromatic carbocycles. The van der Waals surface area contributed by atoms with Crippen LogP contribution in [0, 0.1) is 0 Å². The monoisotopic (exact) mass is 285 g/mol. The molecule has 0 saturated carbocycles. The zero-order chi connectivity index (χ0) is 13.0. The Morgan fingerprint density at radius 3 is 2.83 bits per heavy atom. The molecule has 3 nitrogen and oxygen atoms in total. The van der Waals surface area contributed by atoms with Crippen molar-refractivity contribution in [2.24, 2.45) is 0 Å². The maximum Gasteiger partial charge on any atom is 0.339 e. The number of rotatable bonds is 3. The predicted molar refractivity (Wildman–Crippen MR) is 76.8 cm³/mol. The van der Waals surface area contributed by atoms with Crippen LogP contribution in [0.1, 0.15) is 23.2 Å². The van der Waals surface area contributed by atoms with Gasteiger partial charge in [-0.25, -0.2) is 4.79 Å². The first kappa shape index (κ1) is 13.6. The Morgan fingerprint density at radius 2 is 2.17 bits per heavy atom. The lowest BCUT2D eigenvalue weighted by atomic mass is 10.1. The number of thioether (sulfide) groups is 1. The zero-order valence-corrected chi connectivity index (χ0v) is 11.8. The standard InChI is InChI=1S/C13H16ClNO2S/c1-17-13(16)11-8-10(2-3-12(11)14)15-9-4-6-18-7-5-9/h2-3,8-9,15H,4-7H2,1H3. The smallest absolute Gasteiger partial charge is 0.339 e. The summed E-state index contributed by atoms with van der Waals surface area (Å²) in [6.07, 6.45) is 2.31. The first-order valence-corrected chi connectivity index (χ1v) is 7.46. The number of carbonyl (C=O) groups is 1. The molecule has 1 aliphatic rings. The molecule has 1 fully saturated rings. The van der Waals surface area contributed by atoms with Gasteiger partial charge in [-0.05, 0) is 42.5 Å². The Bertz CT molecular complexity index is 433. The van der Waals surface area contributed by atoms with Crippen molar-refractivity contribution in [2.75, 3.05) is 23.9 Å². The second-order valence-electron chi connectivity index (χ2n) is 4.22. The van der Waals surface area contributed by atoms with Gasteiger partial charge < -0.3 is 10.1 Å². The minimum absolute atomic E-state index is 0.400. The van der Waals surface area contributed by atoms with Crippen LogP contribution in [0.5, 0.6) is 0 Å². The van der Waals surface area contributed by atoms with Crippen molar-refractivity contribution in [1.29, 1.82) is 0 Å². The molecule has 1 aliphatic heterocycles. The molecule has 2 rings (SSSR count). The molecule has 0 aromatic heterocycles. The number of hydrogen-bond donors (Lipinski definition) is 1. The Hall–Kier alpha value is -0.870. The Morgan fingerprint density at radius 1 is 1.44 bits per heavy atom. The summed E-state index contributed by atoms with van der Waals surface area (Å²) in [5.41, 5.74) is 1.34. The van der Waals surface area contributed by atoms with Crippen molar-refractivity contribution in [3.63, 3.8) is 0 Å². The van der Waals surface area contributed by atoms with Crippen LogP contribution in [0.3, 0.4) is 0 Å². The van der Waals surface area contributed by atoms with E-state index in [0.717, 1.165) is 18.5 Å². The fourth-order valence-corrected chi connectivity index (χ4v) is 3.26. The number of carbonyl (C=O) groups excluding carboxylic acids is 1. The van der Waals surface area contributed by atoms with Crippen LogP contribution in [0.2, 0.25) is 5.02 Å². The Labute approximate surface area is 116 Å². The second kappa shape index (κ2) is 6.34. The lowest BCUT2D eigenvalue weighted by Gasteiger charge is -2.23. The molecule has 98 valence electrons. The molecule has 0 atom stereocenters. The lowest BCUT2D eigenvalue weighted by Crippen LogP contribution is -2.24. The van der Waals surface area contributed by atoms with E-state index in [-0.39, 0.29) is 0 Å². The van der Waals surface area contributed by atoms with Gasteiger partial charge in [-0.1, -0.05) is 11.6 Å². The van der Waals surface area contributed by atoms with Crippen LogP contribution >= 0.6 is 23.4 Å². The average Bonchev–Trinajstić information content (AvgIpc) is 2.41. The predicted octanol–water partition coefficient (Wildman–Crippen LogP) is 3.43. The summed E-state index contributed by atoms with van der Waals surface area (Å²) in [5, 5.41) is 3.87. The van der Waals surface area contributed by atoms with E-state index in [4.69, 9.17) is 16.3 Å². The van der Waals surface area contributed by atoms with Gasteiger partial charge in [-0.3, -0.25) is 0 Å². The molecular weight excluding hydrogens is 270 g/mol. The summed E-state index contributed by atoms with van der Waals surface area (Å²) in [6, 6.07) is 5.87. The summed E-state index contributed by atoms with van der Waals surface area (Å²) >= 11 is 7.97. The number of nitrogens with one attached hydrogen (secondary N) is 1. The molecule has 0 unspecified atom stereocenters. The zero-order valence-electron chi connectivity index (χ0n) is 10.2. The molecule has 5 heteroatoms. The van der Waals surface area contributed by atoms with Crippen molar-refractivity contribution >= 4 is 35.0 Å². The third-order valence-electron chi connectivity index (χ3n) is 2.96. The molecule has 18 heavy (non-hydrogen) atoms. The topological polar surface area (TPSA) is 38.3 Å². The van der Waals surface area contributed by atoms with Crippen LogP contribution < -0.4 is 5.32 Å². The van der Waals surface area contributed by atoms with E-state index in [1.807, 2.05) is 17.8 Å². The highest BCUT2D eigenvalue weighted by atomic mass is 35.5. The third kappa shape index (κ3) is 3.33. The normalized spacial score (nSPS) is 16.3. The van der Waals surface area contributed by atoms with E-state index >= 15 is 0 Å². The van der Waals surface area contributed by atoms with Crippen LogP contribution in [0.25, 0.3) is 0 Å². The number of esters is 1. The van der Waals surface area contributed by atoms with Crippen molar-refractivity contribution < 1.29 is 9.53 Å². The van der Waals surface area contributed by atoms with Crippen molar-refractivity contribution in [2.45, 2.75) is 18.9 Å². The van der Waals surface area contributed by atoms with Gasteiger partial charge in [-0.2, -0.15) is 11.8 Å². The van der Waals surface area contributed by atoms with Gasteiger partial charge in [0.2, 0.25) is 0 Å². The van der Waals surface area contributed by atoms with Crippen LogP contribution in [-0.4, -0.2) is 30.6 Å². The highest BCUT2D eigenvalue weighted by Gasteiger charge is 2.15. The summed E-state index contributed by atoms with van der Waals surface area (Å²) in [6.45, 7) is 0. The van der Waals surface area contributed by atoms with Gasteiger partial charge in [0, 0.05) is 11.7 Å². The molecular formula is C13H16ClNO2S. The van der Waals surface area contributed by atoms with Gasteiger partial charge in [0.1, 0.15) is 0 Å². The number of ether oxygens (including phenoxy) is 1. The van der Waals surface area contributed by atoms with Crippen LogP contribution in [0.4, 0.5) is 5.69 Å². The molecule has 0 bridgehead atoms. The van der Waals surface area contributed by atoms with E-state index < -0.39 is 5.97 Å². The molecule has 0 aliphatic carbocycles. The van der Waals surface area contributed by atoms with E-state index in [2.05, 4.69) is 5.32 Å². The third-order valence-corrected chi connectivity index (χ3v) is 4.34. The first-order chi connectivity index (χ1) is 8.70. The largest absolute Gasteiger partial charge is 0.465 e. The van der Waals surface area contributed by atoms with E-state index in [0.29, 0.717) is 16.6 Å². The molecule has 0 radical (unpaired) electrons. The minimum Gasteiger partial charge on any atom is -0.465 e. The second-order valence-corrected chi connectivity index (χ2v) is 5.85. The summed E-state index contributed by atoms with van der Waals surface area (Å²) in [4.78, 5) is 11.5. The molecule has 1 N–H and O–H groups in total. The van der Waals surface area contributed by atoms with Crippen molar-refractivity contribution in [3.8, 4) is 0 Å². The number of anilines is 1. The Balaban J connectivity index is 2.11. The van der Waals surface area contributed by atoms with Gasteiger partial charge in [-0.15, -0.1) is 0 Å². The van der Waals surface area contributed by atoms with Crippen molar-refractivity contribution in [3.05, 3.63) is 28.8 Å². The van der Waals surface area contributed by atoms with E-state index in [1.165, 1.54) is 18.6 Å². The van der Waals surface area contributed by atoms with Crippen LogP contribution in [0.15, 0.2) is 18.2 Å². The molecule has 0 amide bonds. The Kier molecular flexibility index (Phi) is 4.78. The SMILES string of the molecule is COC(=O)c1cc(NC2CCSCC2)ccc1Cl. The highest BCUT2D eigenvalue weighted by Crippen LogP contribution is 2.25. The van der Waals surface area contributed by atoms with Gasteiger partial charge in [0.05, 0.1) is 17.7 Å². The number of halogens is 1. The molecule has 1 saturated heterocycles. The minimum atomic E-state index is -0.400. The highest BCUT2D eigenvalue weighted by molar-refractivity contribution is 7.99. The fraction of sp³-hybridized carbons (Fsp3) is 0.462. The quantitative estimate of drug-likeness (QED) is 0.864. The van der Waals surface area contributed by atoms with E-state index in [9.17, 15) is 4.79 Å². The summed E-state index contributed by atoms with van der Waals surface area (Å²) in [5.74, 6) is 1.98. The number of benzene rings is 1. The first-order valence-electron chi connectivity index (χ1n) is 5.93.